The number of aliphatic hydroxyl groups is 1. The number of benzene rings is 1. The van der Waals surface area contributed by atoms with E-state index in [1.165, 1.54) is 19.1 Å². The molecule has 1 aromatic carbocycles. The van der Waals surface area contributed by atoms with Crippen molar-refractivity contribution in [2.24, 2.45) is 0 Å². The summed E-state index contributed by atoms with van der Waals surface area (Å²) in [5, 5.41) is 13.3. The SMILES string of the molecule is CC(=O)NCc1ccc(C(=O)NCC(O)C(F)(F)F)cc1. The fraction of sp³-hybridized carbons (Fsp3) is 0.385. The van der Waals surface area contributed by atoms with Crippen molar-refractivity contribution in [2.75, 3.05) is 6.54 Å². The Morgan fingerprint density at radius 1 is 1.19 bits per heavy atom. The molecule has 0 aliphatic rings. The monoisotopic (exact) mass is 304 g/mol. The zero-order valence-corrected chi connectivity index (χ0v) is 11.2. The smallest absolute Gasteiger partial charge is 0.382 e. The number of carbonyl (C=O) groups is 2. The summed E-state index contributed by atoms with van der Waals surface area (Å²) >= 11 is 0. The number of hydrogen-bond donors (Lipinski definition) is 3. The van der Waals surface area contributed by atoms with Gasteiger partial charge in [-0.05, 0) is 17.7 Å². The van der Waals surface area contributed by atoms with Crippen molar-refractivity contribution < 1.29 is 27.9 Å². The molecule has 0 aliphatic carbocycles. The minimum atomic E-state index is -4.77. The van der Waals surface area contributed by atoms with Crippen molar-refractivity contribution in [1.82, 2.24) is 10.6 Å². The molecule has 0 saturated carbocycles. The molecule has 0 spiro atoms. The second kappa shape index (κ2) is 7.07. The van der Waals surface area contributed by atoms with Crippen molar-refractivity contribution in [3.8, 4) is 0 Å². The van der Waals surface area contributed by atoms with Gasteiger partial charge in [0, 0.05) is 19.0 Å². The number of hydrogen-bond acceptors (Lipinski definition) is 3. The van der Waals surface area contributed by atoms with Crippen molar-refractivity contribution in [1.29, 1.82) is 0 Å². The highest BCUT2D eigenvalue weighted by Crippen LogP contribution is 2.19. The van der Waals surface area contributed by atoms with Gasteiger partial charge in [-0.15, -0.1) is 0 Å². The van der Waals surface area contributed by atoms with Gasteiger partial charge in [0.25, 0.3) is 5.91 Å². The maximum absolute atomic E-state index is 12.1. The molecule has 0 radical (unpaired) electrons. The third-order valence-corrected chi connectivity index (χ3v) is 2.59. The van der Waals surface area contributed by atoms with E-state index in [1.807, 2.05) is 5.32 Å². The van der Waals surface area contributed by atoms with E-state index in [9.17, 15) is 22.8 Å². The summed E-state index contributed by atoms with van der Waals surface area (Å²) in [6.45, 7) is 0.758. The van der Waals surface area contributed by atoms with Gasteiger partial charge in [-0.3, -0.25) is 9.59 Å². The van der Waals surface area contributed by atoms with Crippen LogP contribution in [0.2, 0.25) is 0 Å². The minimum Gasteiger partial charge on any atom is -0.382 e. The van der Waals surface area contributed by atoms with Gasteiger partial charge in [0.05, 0.1) is 6.54 Å². The standard InChI is InChI=1S/C13H15F3N2O3/c1-8(19)17-6-9-2-4-10(5-3-9)12(21)18-7-11(20)13(14,15)16/h2-5,11,20H,6-7H2,1H3,(H,17,19)(H,18,21). The van der Waals surface area contributed by atoms with Crippen molar-refractivity contribution in [2.45, 2.75) is 25.7 Å². The normalized spacial score (nSPS) is 12.6. The van der Waals surface area contributed by atoms with Crippen LogP contribution in [-0.2, 0) is 11.3 Å². The zero-order chi connectivity index (χ0) is 16.0. The summed E-state index contributed by atoms with van der Waals surface area (Å²) in [5.74, 6) is -0.915. The Morgan fingerprint density at radius 2 is 1.76 bits per heavy atom. The van der Waals surface area contributed by atoms with E-state index < -0.39 is 24.7 Å². The lowest BCUT2D eigenvalue weighted by molar-refractivity contribution is -0.201. The first-order chi connectivity index (χ1) is 9.70. The van der Waals surface area contributed by atoms with Gasteiger partial charge in [0.15, 0.2) is 6.10 Å². The Labute approximate surface area is 119 Å². The first-order valence-electron chi connectivity index (χ1n) is 6.06. The largest absolute Gasteiger partial charge is 0.416 e. The van der Waals surface area contributed by atoms with Crippen LogP contribution in [0.15, 0.2) is 24.3 Å². The van der Waals surface area contributed by atoms with Crippen LogP contribution in [0.25, 0.3) is 0 Å². The molecule has 0 heterocycles. The van der Waals surface area contributed by atoms with E-state index in [0.29, 0.717) is 6.54 Å². The number of carbonyl (C=O) groups excluding carboxylic acids is 2. The third kappa shape index (κ3) is 5.82. The van der Waals surface area contributed by atoms with Gasteiger partial charge >= 0.3 is 6.18 Å². The second-order valence-electron chi connectivity index (χ2n) is 4.37. The van der Waals surface area contributed by atoms with Crippen LogP contribution in [0.4, 0.5) is 13.2 Å². The van der Waals surface area contributed by atoms with Gasteiger partial charge in [-0.1, -0.05) is 12.1 Å². The maximum Gasteiger partial charge on any atom is 0.416 e. The number of halogens is 3. The molecule has 0 aliphatic heterocycles. The Bertz CT molecular complexity index is 500. The molecule has 0 saturated heterocycles. The quantitative estimate of drug-likeness (QED) is 0.758. The van der Waals surface area contributed by atoms with Gasteiger partial charge in [-0.2, -0.15) is 13.2 Å². The van der Waals surface area contributed by atoms with Crippen LogP contribution >= 0.6 is 0 Å². The van der Waals surface area contributed by atoms with E-state index in [0.717, 1.165) is 5.56 Å². The predicted molar refractivity (Wildman–Crippen MR) is 68.4 cm³/mol. The molecular weight excluding hydrogens is 289 g/mol. The minimum absolute atomic E-state index is 0.163. The molecule has 21 heavy (non-hydrogen) atoms. The zero-order valence-electron chi connectivity index (χ0n) is 11.2. The lowest BCUT2D eigenvalue weighted by Crippen LogP contribution is -2.40. The molecule has 1 atom stereocenters. The number of alkyl halides is 3. The van der Waals surface area contributed by atoms with Crippen LogP contribution in [0.3, 0.4) is 0 Å². The van der Waals surface area contributed by atoms with Gasteiger partial charge < -0.3 is 15.7 Å². The van der Waals surface area contributed by atoms with Gasteiger partial charge in [0.2, 0.25) is 5.91 Å². The molecule has 0 bridgehead atoms. The maximum atomic E-state index is 12.1. The molecule has 5 nitrogen and oxygen atoms in total. The Morgan fingerprint density at radius 3 is 2.24 bits per heavy atom. The lowest BCUT2D eigenvalue weighted by Gasteiger charge is -2.15. The highest BCUT2D eigenvalue weighted by molar-refractivity contribution is 5.94. The summed E-state index contributed by atoms with van der Waals surface area (Å²) in [4.78, 5) is 22.3. The topological polar surface area (TPSA) is 78.4 Å². The summed E-state index contributed by atoms with van der Waals surface area (Å²) in [5.41, 5.74) is 0.910. The van der Waals surface area contributed by atoms with E-state index >= 15 is 0 Å². The molecule has 3 N–H and O–H groups in total. The average molecular weight is 304 g/mol. The van der Waals surface area contributed by atoms with Crippen LogP contribution in [0.1, 0.15) is 22.8 Å². The number of amides is 2. The molecule has 8 heteroatoms. The number of nitrogens with one attached hydrogen (secondary N) is 2. The summed E-state index contributed by atoms with van der Waals surface area (Å²) in [6, 6.07) is 6.00. The van der Waals surface area contributed by atoms with Crippen LogP contribution in [-0.4, -0.2) is 35.7 Å². The Hall–Kier alpha value is -2.09. The lowest BCUT2D eigenvalue weighted by atomic mass is 10.1. The van der Waals surface area contributed by atoms with E-state index in [4.69, 9.17) is 5.11 Å². The van der Waals surface area contributed by atoms with Crippen molar-refractivity contribution in [3.63, 3.8) is 0 Å². The van der Waals surface area contributed by atoms with Crippen molar-refractivity contribution in [3.05, 3.63) is 35.4 Å². The third-order valence-electron chi connectivity index (χ3n) is 2.59. The molecule has 1 rings (SSSR count). The molecule has 0 fully saturated rings. The highest BCUT2D eigenvalue weighted by atomic mass is 19.4. The molecule has 1 unspecified atom stereocenters. The first-order valence-corrected chi connectivity index (χ1v) is 6.06. The van der Waals surface area contributed by atoms with E-state index in [2.05, 4.69) is 5.32 Å². The molecule has 1 aromatic rings. The molecule has 2 amide bonds. The van der Waals surface area contributed by atoms with Gasteiger partial charge in [0.1, 0.15) is 0 Å². The van der Waals surface area contributed by atoms with E-state index in [-0.39, 0.29) is 11.5 Å². The first kappa shape index (κ1) is 17.0. The van der Waals surface area contributed by atoms with Crippen LogP contribution in [0, 0.1) is 0 Å². The van der Waals surface area contributed by atoms with Crippen LogP contribution in [0.5, 0.6) is 0 Å². The van der Waals surface area contributed by atoms with Crippen LogP contribution < -0.4 is 10.6 Å². The summed E-state index contributed by atoms with van der Waals surface area (Å²) in [7, 11) is 0. The van der Waals surface area contributed by atoms with Gasteiger partial charge in [-0.25, -0.2) is 0 Å². The van der Waals surface area contributed by atoms with E-state index in [1.54, 1.807) is 12.1 Å². The predicted octanol–water partition coefficient (Wildman–Crippen LogP) is 0.976. The second-order valence-corrected chi connectivity index (χ2v) is 4.37. The van der Waals surface area contributed by atoms with Crippen molar-refractivity contribution >= 4 is 11.8 Å². The fourth-order valence-corrected chi connectivity index (χ4v) is 1.41. The highest BCUT2D eigenvalue weighted by Gasteiger charge is 2.38. The average Bonchev–Trinajstić information content (AvgIpc) is 2.41. The number of aliphatic hydroxyl groups excluding tert-OH is 1. The number of rotatable bonds is 5. The summed E-state index contributed by atoms with van der Waals surface area (Å²) in [6.07, 6.45) is -7.37. The molecule has 116 valence electrons. The summed E-state index contributed by atoms with van der Waals surface area (Å²) < 4.78 is 36.2. The molecular formula is C13H15F3N2O3. The fourth-order valence-electron chi connectivity index (χ4n) is 1.41. The Kier molecular flexibility index (Phi) is 5.71. The Balaban J connectivity index is 2.53. The molecule has 0 aromatic heterocycles.